The number of aromatic hydroxyl groups is 1. The molecular formula is C26H27NO7. The van der Waals surface area contributed by atoms with Crippen molar-refractivity contribution in [2.45, 2.75) is 50.9 Å². The van der Waals surface area contributed by atoms with Gasteiger partial charge in [0.25, 0.3) is 0 Å². The van der Waals surface area contributed by atoms with Crippen LogP contribution in [0.15, 0.2) is 24.3 Å². The zero-order valence-corrected chi connectivity index (χ0v) is 18.9. The number of rotatable bonds is 4. The van der Waals surface area contributed by atoms with E-state index in [-0.39, 0.29) is 57.6 Å². The van der Waals surface area contributed by atoms with E-state index >= 15 is 0 Å². The van der Waals surface area contributed by atoms with E-state index < -0.39 is 29.8 Å². The van der Waals surface area contributed by atoms with Crippen LogP contribution < -0.4 is 10.5 Å². The summed E-state index contributed by atoms with van der Waals surface area (Å²) in [5.41, 5.74) is 6.74. The van der Waals surface area contributed by atoms with Gasteiger partial charge in [0.15, 0.2) is 11.6 Å². The Morgan fingerprint density at radius 2 is 1.88 bits per heavy atom. The second-order valence-corrected chi connectivity index (χ2v) is 9.29. The smallest absolute Gasteiger partial charge is 0.202 e. The molecule has 4 N–H and O–H groups in total. The molecule has 1 saturated heterocycles. The number of aliphatic hydroxyl groups is 1. The zero-order valence-electron chi connectivity index (χ0n) is 18.9. The van der Waals surface area contributed by atoms with Crippen LogP contribution in [-0.4, -0.2) is 59.0 Å². The van der Waals surface area contributed by atoms with E-state index in [9.17, 15) is 24.6 Å². The number of fused-ring (bicyclic) bond motifs is 4. The number of hydrogen-bond acceptors (Lipinski definition) is 8. The molecule has 178 valence electrons. The van der Waals surface area contributed by atoms with Crippen LogP contribution in [0.25, 0.3) is 0 Å². The lowest BCUT2D eigenvalue weighted by atomic mass is 9.73. The fourth-order valence-electron chi connectivity index (χ4n) is 5.25. The number of carbonyl (C=O) groups is 3. The summed E-state index contributed by atoms with van der Waals surface area (Å²) in [6.07, 6.45) is 0.629. The molecule has 0 aromatic heterocycles. The van der Waals surface area contributed by atoms with Crippen LogP contribution in [0, 0.1) is 5.92 Å². The van der Waals surface area contributed by atoms with E-state index in [0.29, 0.717) is 31.4 Å². The van der Waals surface area contributed by atoms with Crippen LogP contribution in [0.3, 0.4) is 0 Å². The van der Waals surface area contributed by atoms with Crippen molar-refractivity contribution in [2.24, 2.45) is 11.7 Å². The van der Waals surface area contributed by atoms with Gasteiger partial charge >= 0.3 is 0 Å². The highest BCUT2D eigenvalue weighted by molar-refractivity contribution is 6.32. The van der Waals surface area contributed by atoms with Crippen LogP contribution in [-0.2, 0) is 11.2 Å². The van der Waals surface area contributed by atoms with Crippen LogP contribution in [0.2, 0.25) is 0 Å². The Morgan fingerprint density at radius 3 is 2.65 bits per heavy atom. The van der Waals surface area contributed by atoms with Crippen molar-refractivity contribution in [1.29, 1.82) is 0 Å². The van der Waals surface area contributed by atoms with Crippen molar-refractivity contribution in [2.75, 3.05) is 13.2 Å². The molecule has 4 unspecified atom stereocenters. The molecule has 0 spiro atoms. The molecule has 0 bridgehead atoms. The Kier molecular flexibility index (Phi) is 5.75. The van der Waals surface area contributed by atoms with Crippen LogP contribution >= 0.6 is 0 Å². The summed E-state index contributed by atoms with van der Waals surface area (Å²) in [6, 6.07) is 5.68. The molecule has 2 aromatic rings. The maximum absolute atomic E-state index is 13.6. The number of phenols is 1. The first-order valence-corrected chi connectivity index (χ1v) is 11.6. The Balaban J connectivity index is 1.54. The average molecular weight is 466 g/mol. The Bertz CT molecular complexity index is 1200. The number of carbonyl (C=O) groups excluding carboxylic acids is 3. The molecule has 0 radical (unpaired) electrons. The Hall–Kier alpha value is -3.07. The number of ether oxygens (including phenoxy) is 2. The first-order valence-electron chi connectivity index (χ1n) is 11.6. The van der Waals surface area contributed by atoms with Gasteiger partial charge in [-0.3, -0.25) is 14.4 Å². The predicted octanol–water partition coefficient (Wildman–Crippen LogP) is 2.18. The van der Waals surface area contributed by atoms with Gasteiger partial charge in [-0.2, -0.15) is 0 Å². The van der Waals surface area contributed by atoms with E-state index in [1.807, 2.05) is 6.92 Å². The average Bonchev–Trinajstić information content (AvgIpc) is 2.82. The minimum atomic E-state index is -0.917. The van der Waals surface area contributed by atoms with Gasteiger partial charge in [-0.25, -0.2) is 0 Å². The molecule has 2 aromatic carbocycles. The van der Waals surface area contributed by atoms with Gasteiger partial charge < -0.3 is 25.4 Å². The number of benzene rings is 2. The molecule has 0 amide bonds. The third kappa shape index (κ3) is 3.53. The lowest BCUT2D eigenvalue weighted by Crippen LogP contribution is -2.51. The van der Waals surface area contributed by atoms with Crippen molar-refractivity contribution in [3.05, 3.63) is 57.6 Å². The van der Waals surface area contributed by atoms with E-state index in [1.165, 1.54) is 12.1 Å². The van der Waals surface area contributed by atoms with Crippen molar-refractivity contribution >= 4 is 17.3 Å². The summed E-state index contributed by atoms with van der Waals surface area (Å²) in [5.74, 6) is -1.26. The number of nitrogens with two attached hydrogens (primary N) is 1. The third-order valence-corrected chi connectivity index (χ3v) is 7.18. The van der Waals surface area contributed by atoms with Gasteiger partial charge in [-0.05, 0) is 36.5 Å². The number of ketones is 3. The van der Waals surface area contributed by atoms with Gasteiger partial charge in [0.05, 0.1) is 17.2 Å². The molecular weight excluding hydrogens is 438 g/mol. The minimum Gasteiger partial charge on any atom is -0.507 e. The molecule has 1 fully saturated rings. The van der Waals surface area contributed by atoms with Gasteiger partial charge in [0.2, 0.25) is 5.78 Å². The Morgan fingerprint density at radius 1 is 1.09 bits per heavy atom. The Labute approximate surface area is 196 Å². The van der Waals surface area contributed by atoms with Gasteiger partial charge in [0.1, 0.15) is 24.2 Å². The fourth-order valence-corrected chi connectivity index (χ4v) is 5.25. The normalized spacial score (nSPS) is 26.0. The molecule has 4 atom stereocenters. The van der Waals surface area contributed by atoms with Gasteiger partial charge in [-0.1, -0.05) is 25.5 Å². The van der Waals surface area contributed by atoms with E-state index in [2.05, 4.69) is 0 Å². The molecule has 8 nitrogen and oxygen atoms in total. The van der Waals surface area contributed by atoms with Crippen molar-refractivity contribution in [1.82, 2.24) is 0 Å². The van der Waals surface area contributed by atoms with E-state index in [4.69, 9.17) is 15.2 Å². The molecule has 8 heteroatoms. The monoisotopic (exact) mass is 465 g/mol. The molecule has 2 aliphatic carbocycles. The summed E-state index contributed by atoms with van der Waals surface area (Å²) in [6.45, 7) is 2.32. The quantitative estimate of drug-likeness (QED) is 0.533. The van der Waals surface area contributed by atoms with E-state index in [0.717, 1.165) is 6.42 Å². The maximum atomic E-state index is 13.6. The van der Waals surface area contributed by atoms with Crippen molar-refractivity contribution < 1.29 is 34.1 Å². The summed E-state index contributed by atoms with van der Waals surface area (Å²) >= 11 is 0. The third-order valence-electron chi connectivity index (χ3n) is 7.18. The SMILES string of the molecule is CCC1CC(=O)c2c(cc(O)c3c2C(=O)c2cccc(OCC4OCCC(N)C4O)c2C3=O)C1. The molecule has 1 heterocycles. The topological polar surface area (TPSA) is 136 Å². The number of phenolic OH excluding ortho intramolecular Hbond substituents is 1. The lowest BCUT2D eigenvalue weighted by Gasteiger charge is -2.33. The molecule has 3 aliphatic rings. The molecule has 1 aliphatic heterocycles. The van der Waals surface area contributed by atoms with Crippen LogP contribution in [0.4, 0.5) is 0 Å². The summed E-state index contributed by atoms with van der Waals surface area (Å²) in [5, 5.41) is 21.0. The van der Waals surface area contributed by atoms with E-state index in [1.54, 1.807) is 12.1 Å². The van der Waals surface area contributed by atoms with Gasteiger partial charge in [-0.15, -0.1) is 0 Å². The highest BCUT2D eigenvalue weighted by Gasteiger charge is 2.41. The molecule has 5 rings (SSSR count). The summed E-state index contributed by atoms with van der Waals surface area (Å²) in [4.78, 5) is 40.1. The standard InChI is InChI=1S/C26H27NO7/c1-2-12-8-13-10-17(29)22-23(20(13)16(28)9-12)24(30)14-4-3-5-18(21(14)26(22)32)34-11-19-25(31)15(27)6-7-33-19/h3-5,10,12,15,19,25,29,31H,2,6-9,11,27H2,1H3. The van der Waals surface area contributed by atoms with Gasteiger partial charge in [0, 0.05) is 35.8 Å². The number of aliphatic hydroxyl groups excluding tert-OH is 1. The summed E-state index contributed by atoms with van der Waals surface area (Å²) in [7, 11) is 0. The summed E-state index contributed by atoms with van der Waals surface area (Å²) < 4.78 is 11.4. The molecule has 34 heavy (non-hydrogen) atoms. The largest absolute Gasteiger partial charge is 0.507 e. The van der Waals surface area contributed by atoms with Crippen molar-refractivity contribution in [3.63, 3.8) is 0 Å². The highest BCUT2D eigenvalue weighted by atomic mass is 16.5. The van der Waals surface area contributed by atoms with Crippen molar-refractivity contribution in [3.8, 4) is 11.5 Å². The second kappa shape index (κ2) is 8.61. The highest BCUT2D eigenvalue weighted by Crippen LogP contribution is 2.42. The molecule has 0 saturated carbocycles. The first kappa shape index (κ1) is 22.7. The first-order chi connectivity index (χ1) is 16.3. The lowest BCUT2D eigenvalue weighted by molar-refractivity contribution is -0.0991. The van der Waals surface area contributed by atoms with Crippen LogP contribution in [0.1, 0.15) is 74.0 Å². The predicted molar refractivity (Wildman–Crippen MR) is 122 cm³/mol. The fraction of sp³-hybridized carbons (Fsp3) is 0.423. The minimum absolute atomic E-state index is 0.0128. The zero-order chi connectivity index (χ0) is 24.1. The number of Topliss-reactive ketones (excluding diaryl/α,β-unsaturated/α-hetero) is 1. The second-order valence-electron chi connectivity index (χ2n) is 9.29. The van der Waals surface area contributed by atoms with Crippen LogP contribution in [0.5, 0.6) is 11.5 Å². The maximum Gasteiger partial charge on any atom is 0.202 e. The number of hydrogen-bond donors (Lipinski definition) is 3.